The summed E-state index contributed by atoms with van der Waals surface area (Å²) in [6.45, 7) is 5.73. The number of nitriles is 1. The first-order valence-corrected chi connectivity index (χ1v) is 10.9. The van der Waals surface area contributed by atoms with E-state index in [0.717, 1.165) is 53.2 Å². The summed E-state index contributed by atoms with van der Waals surface area (Å²) in [5.74, 6) is 2.05. The normalized spacial score (nSPS) is 14.2. The van der Waals surface area contributed by atoms with Crippen LogP contribution in [-0.2, 0) is 0 Å². The molecule has 1 aliphatic rings. The molecule has 0 spiro atoms. The van der Waals surface area contributed by atoms with Crippen molar-refractivity contribution in [1.29, 1.82) is 5.26 Å². The van der Waals surface area contributed by atoms with Crippen LogP contribution in [0, 0.1) is 25.2 Å². The molecule has 31 heavy (non-hydrogen) atoms. The number of piperidine rings is 1. The third-order valence-electron chi connectivity index (χ3n) is 5.31. The smallest absolute Gasteiger partial charge is 0.225 e. The van der Waals surface area contributed by atoms with Crippen LogP contribution in [0.15, 0.2) is 41.3 Å². The molecule has 1 aromatic carbocycles. The molecular formula is C22H23BrN8. The zero-order valence-electron chi connectivity index (χ0n) is 17.4. The van der Waals surface area contributed by atoms with E-state index in [1.54, 1.807) is 18.6 Å². The minimum absolute atomic E-state index is 0.285. The number of rotatable bonds is 5. The molecule has 0 radical (unpaired) electrons. The molecule has 0 unspecified atom stereocenters. The van der Waals surface area contributed by atoms with E-state index in [2.05, 4.69) is 57.5 Å². The second kappa shape index (κ2) is 9.27. The Morgan fingerprint density at radius 3 is 2.42 bits per heavy atom. The lowest BCUT2D eigenvalue weighted by molar-refractivity contribution is 0.517. The Kier molecular flexibility index (Phi) is 6.28. The van der Waals surface area contributed by atoms with Crippen molar-refractivity contribution in [3.8, 4) is 6.07 Å². The zero-order chi connectivity index (χ0) is 21.8. The van der Waals surface area contributed by atoms with Crippen LogP contribution >= 0.6 is 15.9 Å². The Morgan fingerprint density at radius 1 is 1.10 bits per heavy atom. The molecule has 4 rings (SSSR count). The molecule has 1 aliphatic heterocycles. The maximum absolute atomic E-state index is 9.17. The van der Waals surface area contributed by atoms with Crippen molar-refractivity contribution in [2.75, 3.05) is 28.6 Å². The Balaban J connectivity index is 1.44. The van der Waals surface area contributed by atoms with Gasteiger partial charge in [0.05, 0.1) is 16.1 Å². The number of halogens is 1. The number of hydrogen-bond acceptors (Lipinski definition) is 8. The summed E-state index contributed by atoms with van der Waals surface area (Å²) >= 11 is 3.54. The van der Waals surface area contributed by atoms with Gasteiger partial charge in [0.25, 0.3) is 0 Å². The van der Waals surface area contributed by atoms with Gasteiger partial charge in [0.1, 0.15) is 5.82 Å². The van der Waals surface area contributed by atoms with Gasteiger partial charge in [-0.15, -0.1) is 0 Å². The molecule has 158 valence electrons. The number of aromatic nitrogens is 4. The molecule has 0 aliphatic carbocycles. The van der Waals surface area contributed by atoms with Crippen LogP contribution in [0.4, 0.5) is 23.4 Å². The van der Waals surface area contributed by atoms with Gasteiger partial charge in [0.2, 0.25) is 11.9 Å². The third-order valence-corrected chi connectivity index (χ3v) is 5.89. The van der Waals surface area contributed by atoms with Crippen molar-refractivity contribution in [3.63, 3.8) is 0 Å². The molecule has 1 saturated heterocycles. The number of nitrogens with one attached hydrogen (secondary N) is 2. The maximum Gasteiger partial charge on any atom is 0.225 e. The fourth-order valence-corrected chi connectivity index (χ4v) is 4.02. The van der Waals surface area contributed by atoms with E-state index in [1.165, 1.54) is 0 Å². The molecule has 0 atom stereocenters. The van der Waals surface area contributed by atoms with Gasteiger partial charge in [-0.25, -0.2) is 15.0 Å². The molecule has 0 amide bonds. The number of anilines is 4. The van der Waals surface area contributed by atoms with E-state index in [-0.39, 0.29) is 6.04 Å². The van der Waals surface area contributed by atoms with Crippen LogP contribution in [-0.4, -0.2) is 39.1 Å². The second-order valence-corrected chi connectivity index (χ2v) is 8.42. The Bertz CT molecular complexity index is 1080. The molecule has 3 heterocycles. The van der Waals surface area contributed by atoms with Crippen molar-refractivity contribution in [1.82, 2.24) is 19.9 Å². The number of nitrogens with zero attached hydrogens (tertiary/aromatic N) is 6. The second-order valence-electron chi connectivity index (χ2n) is 7.57. The molecule has 0 bridgehead atoms. The first-order chi connectivity index (χ1) is 15.0. The summed E-state index contributed by atoms with van der Waals surface area (Å²) in [5.41, 5.74) is 3.58. The van der Waals surface area contributed by atoms with E-state index in [0.29, 0.717) is 17.3 Å². The number of benzene rings is 1. The van der Waals surface area contributed by atoms with Gasteiger partial charge in [0.15, 0.2) is 0 Å². The molecule has 3 aromatic rings. The Morgan fingerprint density at radius 2 is 1.77 bits per heavy atom. The molecule has 0 saturated carbocycles. The van der Waals surface area contributed by atoms with E-state index in [1.807, 2.05) is 32.0 Å². The highest BCUT2D eigenvalue weighted by atomic mass is 79.9. The van der Waals surface area contributed by atoms with Crippen LogP contribution in [0.5, 0.6) is 0 Å². The van der Waals surface area contributed by atoms with Crippen LogP contribution < -0.4 is 15.5 Å². The Hall–Kier alpha value is -3.25. The number of hydrogen-bond donors (Lipinski definition) is 2. The highest BCUT2D eigenvalue weighted by Gasteiger charge is 2.21. The van der Waals surface area contributed by atoms with E-state index >= 15 is 0 Å². The number of aryl methyl sites for hydroxylation is 2. The highest BCUT2D eigenvalue weighted by molar-refractivity contribution is 9.10. The maximum atomic E-state index is 9.17. The van der Waals surface area contributed by atoms with E-state index in [4.69, 9.17) is 5.26 Å². The molecule has 2 N–H and O–H groups in total. The van der Waals surface area contributed by atoms with Crippen LogP contribution in [0.3, 0.4) is 0 Å². The summed E-state index contributed by atoms with van der Waals surface area (Å²) < 4.78 is 0.775. The van der Waals surface area contributed by atoms with Crippen molar-refractivity contribution in [2.24, 2.45) is 0 Å². The SMILES string of the molecule is Cc1cc(C#N)cc(C)c1Nc1nc(NC2CCN(c3ncccn3)CC2)ncc1Br. The fourth-order valence-electron chi connectivity index (χ4n) is 3.73. The molecule has 2 aromatic heterocycles. The minimum Gasteiger partial charge on any atom is -0.351 e. The standard InChI is InChI=1S/C22H23BrN8/c1-14-10-16(12-24)11-15(2)19(14)29-20-18(23)13-27-21(30-20)28-17-4-8-31(9-5-17)22-25-6-3-7-26-22/h3,6-7,10-11,13,17H,4-5,8-9H2,1-2H3,(H2,27,28,29,30). The lowest BCUT2D eigenvalue weighted by Gasteiger charge is -2.32. The van der Waals surface area contributed by atoms with Crippen LogP contribution in [0.25, 0.3) is 0 Å². The van der Waals surface area contributed by atoms with Crippen molar-refractivity contribution < 1.29 is 0 Å². The average molecular weight is 479 g/mol. The summed E-state index contributed by atoms with van der Waals surface area (Å²) in [6, 6.07) is 8.05. The summed E-state index contributed by atoms with van der Waals surface area (Å²) in [6.07, 6.45) is 7.20. The minimum atomic E-state index is 0.285. The van der Waals surface area contributed by atoms with Crippen molar-refractivity contribution >= 4 is 39.3 Å². The lowest BCUT2D eigenvalue weighted by atomic mass is 10.0. The average Bonchev–Trinajstić information content (AvgIpc) is 2.79. The predicted molar refractivity (Wildman–Crippen MR) is 125 cm³/mol. The topological polar surface area (TPSA) is 103 Å². The van der Waals surface area contributed by atoms with E-state index in [9.17, 15) is 0 Å². The van der Waals surface area contributed by atoms with Gasteiger partial charge in [-0.1, -0.05) is 0 Å². The molecule has 9 heteroatoms. The van der Waals surface area contributed by atoms with E-state index < -0.39 is 0 Å². The van der Waals surface area contributed by atoms with Crippen LogP contribution in [0.1, 0.15) is 29.5 Å². The first-order valence-electron chi connectivity index (χ1n) is 10.1. The van der Waals surface area contributed by atoms with Gasteiger partial charge in [-0.3, -0.25) is 0 Å². The van der Waals surface area contributed by atoms with Crippen molar-refractivity contribution in [3.05, 3.63) is 58.0 Å². The summed E-state index contributed by atoms with van der Waals surface area (Å²) in [5, 5.41) is 16.0. The monoisotopic (exact) mass is 478 g/mol. The van der Waals surface area contributed by atoms with Gasteiger partial charge in [-0.2, -0.15) is 10.2 Å². The third kappa shape index (κ3) is 4.91. The molecule has 1 fully saturated rings. The van der Waals surface area contributed by atoms with Gasteiger partial charge >= 0.3 is 0 Å². The molecule has 8 nitrogen and oxygen atoms in total. The summed E-state index contributed by atoms with van der Waals surface area (Å²) in [4.78, 5) is 20.0. The van der Waals surface area contributed by atoms with Crippen LogP contribution in [0.2, 0.25) is 0 Å². The van der Waals surface area contributed by atoms with Crippen molar-refractivity contribution in [2.45, 2.75) is 32.7 Å². The Labute approximate surface area is 189 Å². The van der Waals surface area contributed by atoms with Gasteiger partial charge < -0.3 is 15.5 Å². The highest BCUT2D eigenvalue weighted by Crippen LogP contribution is 2.29. The molecular weight excluding hydrogens is 456 g/mol. The fraction of sp³-hybridized carbons (Fsp3) is 0.318. The van der Waals surface area contributed by atoms with Gasteiger partial charge in [0, 0.05) is 43.4 Å². The first kappa shape index (κ1) is 21.0. The quantitative estimate of drug-likeness (QED) is 0.557. The van der Waals surface area contributed by atoms with Gasteiger partial charge in [-0.05, 0) is 71.9 Å². The summed E-state index contributed by atoms with van der Waals surface area (Å²) in [7, 11) is 0. The largest absolute Gasteiger partial charge is 0.351 e. The lowest BCUT2D eigenvalue weighted by Crippen LogP contribution is -2.40. The predicted octanol–water partition coefficient (Wildman–Crippen LogP) is 4.34. The zero-order valence-corrected chi connectivity index (χ0v) is 19.0.